The second-order valence-corrected chi connectivity index (χ2v) is 5.67. The SMILES string of the molecule is CCCCNC1CCCC23CC(CO2)C13. The van der Waals surface area contributed by atoms with Crippen LogP contribution >= 0.6 is 0 Å². The molecule has 2 bridgehead atoms. The molecule has 0 aromatic heterocycles. The second kappa shape index (κ2) is 3.74. The van der Waals surface area contributed by atoms with Gasteiger partial charge in [-0.2, -0.15) is 0 Å². The molecular formula is C13H23NO. The Morgan fingerprint density at radius 1 is 1.47 bits per heavy atom. The maximum Gasteiger partial charge on any atom is 0.0732 e. The van der Waals surface area contributed by atoms with Crippen LogP contribution in [0.15, 0.2) is 0 Å². The predicted molar refractivity (Wildman–Crippen MR) is 60.8 cm³/mol. The average Bonchev–Trinajstić information content (AvgIpc) is 2.76. The molecule has 2 nitrogen and oxygen atoms in total. The number of unbranched alkanes of at least 4 members (excludes halogenated alkanes) is 1. The zero-order valence-electron chi connectivity index (χ0n) is 9.80. The van der Waals surface area contributed by atoms with Crippen LogP contribution in [0.1, 0.15) is 45.4 Å². The lowest BCUT2D eigenvalue weighted by atomic mass is 9.56. The summed E-state index contributed by atoms with van der Waals surface area (Å²) in [4.78, 5) is 0. The summed E-state index contributed by atoms with van der Waals surface area (Å²) in [7, 11) is 0. The molecule has 4 fully saturated rings. The Labute approximate surface area is 92.8 Å². The van der Waals surface area contributed by atoms with Gasteiger partial charge in [0.1, 0.15) is 0 Å². The first kappa shape index (κ1) is 10.1. The Balaban J connectivity index is 1.60. The largest absolute Gasteiger partial charge is 0.374 e. The molecule has 4 rings (SSSR count). The molecule has 4 unspecified atom stereocenters. The van der Waals surface area contributed by atoms with Crippen molar-refractivity contribution in [3.05, 3.63) is 0 Å². The number of hydrogen-bond donors (Lipinski definition) is 1. The standard InChI is InChI=1S/C13H23NO/c1-2-3-7-14-11-5-4-6-13-8-10(9-15-13)12(11)13/h10-12,14H,2-9H2,1H3. The van der Waals surface area contributed by atoms with Crippen LogP contribution in [0.5, 0.6) is 0 Å². The van der Waals surface area contributed by atoms with Gasteiger partial charge in [0.25, 0.3) is 0 Å². The number of rotatable bonds is 4. The van der Waals surface area contributed by atoms with Gasteiger partial charge >= 0.3 is 0 Å². The Hall–Kier alpha value is -0.0800. The molecule has 2 heterocycles. The van der Waals surface area contributed by atoms with E-state index in [1.54, 1.807) is 0 Å². The Bertz CT molecular complexity index is 239. The summed E-state index contributed by atoms with van der Waals surface area (Å²) < 4.78 is 6.01. The molecule has 0 aromatic rings. The summed E-state index contributed by atoms with van der Waals surface area (Å²) in [6, 6.07) is 0.770. The molecule has 2 heteroatoms. The van der Waals surface area contributed by atoms with Gasteiger partial charge < -0.3 is 10.1 Å². The smallest absolute Gasteiger partial charge is 0.0732 e. The fraction of sp³-hybridized carbons (Fsp3) is 1.00. The third-order valence-electron chi connectivity index (χ3n) is 4.79. The van der Waals surface area contributed by atoms with E-state index in [-0.39, 0.29) is 0 Å². The summed E-state index contributed by atoms with van der Waals surface area (Å²) >= 11 is 0. The quantitative estimate of drug-likeness (QED) is 0.718. The van der Waals surface area contributed by atoms with Crippen molar-refractivity contribution in [2.75, 3.05) is 13.2 Å². The first-order valence-electron chi connectivity index (χ1n) is 6.73. The van der Waals surface area contributed by atoms with Crippen LogP contribution in [0.2, 0.25) is 0 Å². The zero-order valence-corrected chi connectivity index (χ0v) is 9.80. The fourth-order valence-corrected chi connectivity index (χ4v) is 4.10. The topological polar surface area (TPSA) is 21.3 Å². The normalized spacial score (nSPS) is 47.4. The average molecular weight is 209 g/mol. The van der Waals surface area contributed by atoms with Gasteiger partial charge in [-0.15, -0.1) is 0 Å². The molecule has 0 radical (unpaired) electrons. The highest BCUT2D eigenvalue weighted by atomic mass is 16.5. The molecule has 4 aliphatic rings. The molecule has 0 aromatic carbocycles. The first-order valence-corrected chi connectivity index (χ1v) is 6.73. The Morgan fingerprint density at radius 2 is 2.40 bits per heavy atom. The van der Waals surface area contributed by atoms with Crippen molar-refractivity contribution < 1.29 is 4.74 Å². The summed E-state index contributed by atoms with van der Waals surface area (Å²) in [6.45, 7) is 4.53. The molecule has 1 spiro atoms. The summed E-state index contributed by atoms with van der Waals surface area (Å²) in [5, 5.41) is 3.77. The van der Waals surface area contributed by atoms with Crippen LogP contribution in [0.4, 0.5) is 0 Å². The van der Waals surface area contributed by atoms with E-state index in [1.165, 1.54) is 45.1 Å². The van der Waals surface area contributed by atoms with Gasteiger partial charge in [-0.25, -0.2) is 0 Å². The van der Waals surface area contributed by atoms with E-state index < -0.39 is 0 Å². The van der Waals surface area contributed by atoms with Crippen LogP contribution in [-0.2, 0) is 4.74 Å². The van der Waals surface area contributed by atoms with E-state index in [1.807, 2.05) is 0 Å². The van der Waals surface area contributed by atoms with Gasteiger partial charge in [-0.1, -0.05) is 13.3 Å². The number of hydrogen-bond acceptors (Lipinski definition) is 2. The molecule has 2 saturated heterocycles. The van der Waals surface area contributed by atoms with E-state index in [9.17, 15) is 0 Å². The van der Waals surface area contributed by atoms with Gasteiger partial charge in [0.2, 0.25) is 0 Å². The molecule has 86 valence electrons. The zero-order chi connectivity index (χ0) is 10.3. The van der Waals surface area contributed by atoms with Gasteiger partial charge in [-0.05, 0) is 44.6 Å². The number of ether oxygens (including phenoxy) is 1. The predicted octanol–water partition coefficient (Wildman–Crippen LogP) is 2.33. The molecule has 4 atom stereocenters. The lowest BCUT2D eigenvalue weighted by Gasteiger charge is -2.52. The molecule has 0 amide bonds. The molecule has 15 heavy (non-hydrogen) atoms. The third kappa shape index (κ3) is 1.45. The lowest BCUT2D eigenvalue weighted by molar-refractivity contribution is -0.0927. The highest BCUT2D eigenvalue weighted by Crippen LogP contribution is 2.60. The minimum absolute atomic E-state index is 0.340. The minimum atomic E-state index is 0.340. The van der Waals surface area contributed by atoms with E-state index in [4.69, 9.17) is 4.74 Å². The van der Waals surface area contributed by atoms with E-state index in [0.717, 1.165) is 24.5 Å². The van der Waals surface area contributed by atoms with Crippen LogP contribution in [0.25, 0.3) is 0 Å². The van der Waals surface area contributed by atoms with Gasteiger partial charge in [0.15, 0.2) is 0 Å². The van der Waals surface area contributed by atoms with Crippen molar-refractivity contribution in [1.82, 2.24) is 5.32 Å². The van der Waals surface area contributed by atoms with Crippen molar-refractivity contribution in [1.29, 1.82) is 0 Å². The summed E-state index contributed by atoms with van der Waals surface area (Å²) in [5.41, 5.74) is 0.340. The fourth-order valence-electron chi connectivity index (χ4n) is 4.10. The van der Waals surface area contributed by atoms with Gasteiger partial charge in [0.05, 0.1) is 12.2 Å². The summed E-state index contributed by atoms with van der Waals surface area (Å²) in [6.07, 6.45) is 8.07. The van der Waals surface area contributed by atoms with Crippen molar-refractivity contribution in [2.45, 2.75) is 57.1 Å². The van der Waals surface area contributed by atoms with Crippen molar-refractivity contribution in [3.63, 3.8) is 0 Å². The van der Waals surface area contributed by atoms with E-state index in [2.05, 4.69) is 12.2 Å². The molecule has 2 aliphatic carbocycles. The third-order valence-corrected chi connectivity index (χ3v) is 4.79. The van der Waals surface area contributed by atoms with E-state index >= 15 is 0 Å². The molecule has 1 N–H and O–H groups in total. The Kier molecular flexibility index (Phi) is 2.52. The van der Waals surface area contributed by atoms with Crippen LogP contribution < -0.4 is 5.32 Å². The number of fused-ring (bicyclic) bond motifs is 1. The van der Waals surface area contributed by atoms with Crippen molar-refractivity contribution in [3.8, 4) is 0 Å². The van der Waals surface area contributed by atoms with Gasteiger partial charge in [-0.3, -0.25) is 0 Å². The van der Waals surface area contributed by atoms with Crippen molar-refractivity contribution in [2.24, 2.45) is 11.8 Å². The second-order valence-electron chi connectivity index (χ2n) is 5.67. The Morgan fingerprint density at radius 3 is 3.20 bits per heavy atom. The molecular weight excluding hydrogens is 186 g/mol. The van der Waals surface area contributed by atoms with Crippen molar-refractivity contribution >= 4 is 0 Å². The van der Waals surface area contributed by atoms with Crippen LogP contribution in [0.3, 0.4) is 0 Å². The van der Waals surface area contributed by atoms with Crippen LogP contribution in [-0.4, -0.2) is 24.8 Å². The number of nitrogens with one attached hydrogen (secondary N) is 1. The summed E-state index contributed by atoms with van der Waals surface area (Å²) in [5.74, 6) is 1.76. The monoisotopic (exact) mass is 209 g/mol. The molecule has 2 aliphatic heterocycles. The lowest BCUT2D eigenvalue weighted by Crippen LogP contribution is -2.59. The van der Waals surface area contributed by atoms with E-state index in [0.29, 0.717) is 5.60 Å². The first-order chi connectivity index (χ1) is 7.36. The highest BCUT2D eigenvalue weighted by molar-refractivity contribution is 5.14. The van der Waals surface area contributed by atoms with Gasteiger partial charge in [0, 0.05) is 12.0 Å². The minimum Gasteiger partial charge on any atom is -0.374 e. The molecule has 2 saturated carbocycles. The highest BCUT2D eigenvalue weighted by Gasteiger charge is 2.63. The maximum atomic E-state index is 6.01. The van der Waals surface area contributed by atoms with Crippen LogP contribution in [0, 0.1) is 11.8 Å². The maximum absolute atomic E-state index is 6.01.